The summed E-state index contributed by atoms with van der Waals surface area (Å²) < 4.78 is 1.12. The van der Waals surface area contributed by atoms with E-state index in [2.05, 4.69) is 66.7 Å². The van der Waals surface area contributed by atoms with Crippen molar-refractivity contribution in [1.82, 2.24) is 0 Å². The smallest absolute Gasteiger partial charge is 0.0809 e. The summed E-state index contributed by atoms with van der Waals surface area (Å²) in [6, 6.07) is 44.9. The topological polar surface area (TPSA) is 0 Å². The third-order valence-electron chi connectivity index (χ3n) is 4.42. The van der Waals surface area contributed by atoms with Crippen LogP contribution in [0, 0.1) is 0 Å². The van der Waals surface area contributed by atoms with Crippen molar-refractivity contribution in [2.24, 2.45) is 0 Å². The van der Waals surface area contributed by atoms with E-state index in [-0.39, 0.29) is 0 Å². The van der Waals surface area contributed by atoms with Gasteiger partial charge in [0.15, 0.2) is 0 Å². The first kappa shape index (κ1) is 22.5. The van der Waals surface area contributed by atoms with E-state index in [0.29, 0.717) is 0 Å². The summed E-state index contributed by atoms with van der Waals surface area (Å²) in [5.74, 6) is 0. The van der Waals surface area contributed by atoms with Crippen LogP contribution in [-0.4, -0.2) is 3.81 Å². The van der Waals surface area contributed by atoms with Gasteiger partial charge in [0.1, 0.15) is 0 Å². The van der Waals surface area contributed by atoms with Crippen molar-refractivity contribution in [3.8, 4) is 0 Å². The average molecular weight is 465 g/mol. The van der Waals surface area contributed by atoms with E-state index < -0.39 is 15.3 Å². The van der Waals surface area contributed by atoms with Gasteiger partial charge in [-0.3, -0.25) is 0 Å². The summed E-state index contributed by atoms with van der Waals surface area (Å²) in [5, 5.41) is 2.66. The maximum Gasteiger partial charge on any atom is -0.0809 e. The van der Waals surface area contributed by atoms with Crippen molar-refractivity contribution in [1.29, 1.82) is 0 Å². The molecule has 0 aliphatic heterocycles. The number of benzene rings is 3. The van der Waals surface area contributed by atoms with E-state index in [4.69, 9.17) is 18.6 Å². The van der Waals surface area contributed by atoms with Gasteiger partial charge >= 0.3 is 109 Å². The number of hydrogen-bond donors (Lipinski definition) is 0. The predicted molar refractivity (Wildman–Crippen MR) is 129 cm³/mol. The normalized spacial score (nSPS) is 9.67. The summed E-state index contributed by atoms with van der Waals surface area (Å²) in [6.45, 7) is 0. The fourth-order valence-electron chi connectivity index (χ4n) is 2.99. The molecule has 0 radical (unpaired) electrons. The quantitative estimate of drug-likeness (QED) is 0.182. The summed E-state index contributed by atoms with van der Waals surface area (Å²) in [5.41, 5.74) is 2.27. The summed E-state index contributed by atoms with van der Waals surface area (Å²) >= 11 is -2.15. The fourth-order valence-corrected chi connectivity index (χ4v) is 5.99. The molecule has 0 fully saturated rings. The van der Waals surface area contributed by atoms with Crippen LogP contribution in [-0.2, 0) is 15.3 Å². The van der Waals surface area contributed by atoms with Crippen molar-refractivity contribution in [2.45, 2.75) is 0 Å². The second-order valence-electron chi connectivity index (χ2n) is 6.48. The largest absolute Gasteiger partial charge is 0.214 e. The van der Waals surface area contributed by atoms with Gasteiger partial charge in [0.2, 0.25) is 0 Å². The minimum atomic E-state index is -2.15. The van der Waals surface area contributed by atoms with Crippen LogP contribution in [0.1, 0.15) is 11.1 Å². The zero-order chi connectivity index (χ0) is 21.0. The van der Waals surface area contributed by atoms with Crippen LogP contribution in [0.15, 0.2) is 133 Å². The van der Waals surface area contributed by atoms with Crippen LogP contribution >= 0.6 is 18.6 Å². The van der Waals surface area contributed by atoms with Gasteiger partial charge in [-0.25, -0.2) is 12.1 Å². The van der Waals surface area contributed by atoms with Crippen molar-refractivity contribution in [3.05, 3.63) is 145 Å². The third-order valence-corrected chi connectivity index (χ3v) is 7.47. The van der Waals surface area contributed by atoms with E-state index in [1.54, 1.807) is 0 Å². The van der Waals surface area contributed by atoms with Crippen LogP contribution in [0.5, 0.6) is 0 Å². The number of rotatable bonds is 2. The van der Waals surface area contributed by atoms with Crippen molar-refractivity contribution < 1.29 is 15.3 Å². The Balaban J connectivity index is 0.000000151. The Kier molecular flexibility index (Phi) is 9.34. The molecule has 0 aromatic heterocycles. The van der Waals surface area contributed by atoms with Crippen molar-refractivity contribution in [3.63, 3.8) is 0 Å². The molecule has 3 heteroatoms. The second kappa shape index (κ2) is 12.5. The molecule has 0 saturated carbocycles. The standard InChI is InChI=1S/C13H10.C9H7.C5H5.2ClH.Ti/c1-3-7-12(8-4-1)11-13-9-5-2-6-10-13;1-2-5-9-7-3-6-8(9)4-1;1-2-4-5-3-1;;;/h1-10H;1-7H;1-5H;2*1H;/q;2*-1;;;+2/p-2. The van der Waals surface area contributed by atoms with E-state index >= 15 is 0 Å². The molecule has 0 amide bonds. The van der Waals surface area contributed by atoms with Crippen molar-refractivity contribution in [2.75, 3.05) is 0 Å². The van der Waals surface area contributed by atoms with Gasteiger partial charge in [-0.2, -0.15) is 35.7 Å². The van der Waals surface area contributed by atoms with Gasteiger partial charge in [0.05, 0.1) is 0 Å². The molecule has 0 bridgehead atoms. The van der Waals surface area contributed by atoms with E-state index in [9.17, 15) is 0 Å². The molecule has 5 aromatic rings. The Morgan fingerprint density at radius 2 is 1.10 bits per heavy atom. The minimum absolute atomic E-state index is 1.12. The molecule has 0 aliphatic rings. The Hall–Kier alpha value is -2.22. The first-order chi connectivity index (χ1) is 14.8. The van der Waals surface area contributed by atoms with Crippen LogP contribution in [0.4, 0.5) is 0 Å². The zero-order valence-corrected chi connectivity index (χ0v) is 19.5. The first-order valence-corrected chi connectivity index (χ1v) is 14.8. The zero-order valence-electron chi connectivity index (χ0n) is 16.5. The van der Waals surface area contributed by atoms with Crippen LogP contribution in [0.3, 0.4) is 0 Å². The van der Waals surface area contributed by atoms with Gasteiger partial charge in [-0.05, 0) is 0 Å². The Morgan fingerprint density at radius 1 is 0.567 bits per heavy atom. The fraction of sp³-hybridized carbons (Fsp3) is 0. The van der Waals surface area contributed by atoms with Crippen molar-refractivity contribution >= 4 is 33.2 Å². The summed E-state index contributed by atoms with van der Waals surface area (Å²) in [7, 11) is 12.4. The number of fused-ring (bicyclic) bond motifs is 1. The Morgan fingerprint density at radius 3 is 1.57 bits per heavy atom. The Labute approximate surface area is 192 Å². The molecule has 0 N–H and O–H groups in total. The van der Waals surface area contributed by atoms with E-state index in [1.165, 1.54) is 10.8 Å². The SMILES string of the molecule is [Cl][Ti]([Cl])=[C](c1ccccc1)c1ccccc1.c1cc[cH-]c1.c1ccc2[cH-]ccc2c1. The molecule has 150 valence electrons. The first-order valence-electron chi connectivity index (χ1n) is 9.69. The Bertz CT molecular complexity index is 1050. The second-order valence-corrected chi connectivity index (χ2v) is 12.0. The van der Waals surface area contributed by atoms with Crippen LogP contribution in [0.2, 0.25) is 0 Å². The maximum absolute atomic E-state index is 6.21. The monoisotopic (exact) mass is 464 g/mol. The molecule has 0 heterocycles. The van der Waals surface area contributed by atoms with E-state index in [0.717, 1.165) is 14.9 Å². The number of halogens is 2. The predicted octanol–water partition coefficient (Wildman–Crippen LogP) is 8.15. The van der Waals surface area contributed by atoms with Gasteiger partial charge in [0.25, 0.3) is 0 Å². The van der Waals surface area contributed by atoms with E-state index in [1.807, 2.05) is 66.7 Å². The summed E-state index contributed by atoms with van der Waals surface area (Å²) in [4.78, 5) is 0. The van der Waals surface area contributed by atoms with Gasteiger partial charge in [-0.15, -0.1) is 29.7 Å². The molecule has 0 atom stereocenters. The summed E-state index contributed by atoms with van der Waals surface area (Å²) in [6.07, 6.45) is 0. The molecule has 0 nitrogen and oxygen atoms in total. The third kappa shape index (κ3) is 6.94. The number of hydrogen-bond acceptors (Lipinski definition) is 0. The average Bonchev–Trinajstić information content (AvgIpc) is 3.51. The maximum atomic E-state index is 6.21. The van der Waals surface area contributed by atoms with Gasteiger partial charge < -0.3 is 0 Å². The molecular weight excluding hydrogens is 443 g/mol. The molecule has 5 rings (SSSR count). The van der Waals surface area contributed by atoms with Crippen LogP contribution in [0.25, 0.3) is 10.8 Å². The molecule has 5 aromatic carbocycles. The molecule has 0 saturated heterocycles. The van der Waals surface area contributed by atoms with Gasteiger partial charge in [-0.1, -0.05) is 6.07 Å². The molecule has 0 unspecified atom stereocenters. The minimum Gasteiger partial charge on any atom is -0.214 e. The van der Waals surface area contributed by atoms with Crippen LogP contribution < -0.4 is 0 Å². The molecule has 0 spiro atoms. The molecular formula is C27H22Cl2Ti-2. The van der Waals surface area contributed by atoms with Gasteiger partial charge in [0, 0.05) is 0 Å². The molecule has 0 aliphatic carbocycles. The molecule has 30 heavy (non-hydrogen) atoms.